The van der Waals surface area contributed by atoms with Crippen molar-refractivity contribution in [2.45, 2.75) is 38.9 Å². The van der Waals surface area contributed by atoms with Crippen LogP contribution < -0.4 is 9.62 Å². The first-order valence-corrected chi connectivity index (χ1v) is 15.5. The minimum atomic E-state index is -3.80. The molecule has 0 radical (unpaired) electrons. The van der Waals surface area contributed by atoms with Gasteiger partial charge in [-0.3, -0.25) is 13.9 Å². The van der Waals surface area contributed by atoms with Crippen LogP contribution in [0.5, 0.6) is 0 Å². The molecule has 10 heteroatoms. The summed E-state index contributed by atoms with van der Waals surface area (Å²) in [5.74, 6) is -0.792. The Morgan fingerprint density at radius 2 is 1.50 bits per heavy atom. The summed E-state index contributed by atoms with van der Waals surface area (Å²) in [6.45, 7) is 3.39. The second kappa shape index (κ2) is 13.4. The van der Waals surface area contributed by atoms with E-state index in [9.17, 15) is 18.0 Å². The van der Waals surface area contributed by atoms with Crippen LogP contribution in [0.3, 0.4) is 0 Å². The van der Waals surface area contributed by atoms with Gasteiger partial charge in [0.25, 0.3) is 0 Å². The average molecular weight is 665 g/mol. The van der Waals surface area contributed by atoms with Crippen LogP contribution in [0, 0.1) is 0 Å². The van der Waals surface area contributed by atoms with Crippen LogP contribution in [-0.4, -0.2) is 50.0 Å². The van der Waals surface area contributed by atoms with Crippen molar-refractivity contribution >= 4 is 59.4 Å². The number of nitrogens with one attached hydrogen (secondary N) is 1. The highest BCUT2D eigenvalue weighted by molar-refractivity contribution is 9.10. The van der Waals surface area contributed by atoms with E-state index in [0.29, 0.717) is 5.69 Å². The molecule has 202 valence electrons. The van der Waals surface area contributed by atoms with E-state index >= 15 is 0 Å². The third-order valence-electron chi connectivity index (χ3n) is 5.74. The molecule has 0 unspecified atom stereocenters. The molecule has 38 heavy (non-hydrogen) atoms. The molecule has 1 N–H and O–H groups in total. The minimum absolute atomic E-state index is 0.124. The molecule has 1 atom stereocenters. The van der Waals surface area contributed by atoms with Crippen LogP contribution in [0.2, 0.25) is 0 Å². The Morgan fingerprint density at radius 1 is 0.868 bits per heavy atom. The lowest BCUT2D eigenvalue weighted by Gasteiger charge is -2.34. The fraction of sp³-hybridized carbons (Fsp3) is 0.286. The summed E-state index contributed by atoms with van der Waals surface area (Å²) in [7, 11) is -3.80. The van der Waals surface area contributed by atoms with E-state index in [2.05, 4.69) is 37.2 Å². The maximum Gasteiger partial charge on any atom is 0.244 e. The van der Waals surface area contributed by atoms with E-state index in [1.807, 2.05) is 68.4 Å². The Hall–Kier alpha value is -2.69. The number of hydrogen-bond donors (Lipinski definition) is 1. The number of nitrogens with zero attached hydrogens (tertiary/aromatic N) is 2. The number of carbonyl (C=O) groups excluding carboxylic acids is 2. The Morgan fingerprint density at radius 3 is 2.08 bits per heavy atom. The Bertz CT molecular complexity index is 1350. The monoisotopic (exact) mass is 663 g/mol. The van der Waals surface area contributed by atoms with Crippen LogP contribution in [0.1, 0.15) is 25.0 Å². The number of rotatable bonds is 11. The molecular weight excluding hydrogens is 634 g/mol. The molecule has 0 spiro atoms. The van der Waals surface area contributed by atoms with Crippen LogP contribution in [0.15, 0.2) is 87.8 Å². The quantitative estimate of drug-likeness (QED) is 0.308. The van der Waals surface area contributed by atoms with Crippen molar-refractivity contribution in [3.63, 3.8) is 0 Å². The van der Waals surface area contributed by atoms with Crippen LogP contribution in [0.4, 0.5) is 5.69 Å². The first-order valence-electron chi connectivity index (χ1n) is 12.1. The van der Waals surface area contributed by atoms with Gasteiger partial charge in [0.2, 0.25) is 21.8 Å². The summed E-state index contributed by atoms with van der Waals surface area (Å²) in [4.78, 5) is 28.9. The summed E-state index contributed by atoms with van der Waals surface area (Å²) in [5.41, 5.74) is 2.05. The van der Waals surface area contributed by atoms with E-state index in [1.54, 1.807) is 24.3 Å². The van der Waals surface area contributed by atoms with Crippen molar-refractivity contribution < 1.29 is 18.0 Å². The second-order valence-electron chi connectivity index (χ2n) is 9.27. The molecular formula is C28H31Br2N3O4S. The van der Waals surface area contributed by atoms with Crippen LogP contribution in [0.25, 0.3) is 0 Å². The smallest absolute Gasteiger partial charge is 0.244 e. The zero-order chi connectivity index (χ0) is 27.9. The zero-order valence-electron chi connectivity index (χ0n) is 21.5. The maximum atomic E-state index is 14.0. The van der Waals surface area contributed by atoms with E-state index in [1.165, 1.54) is 4.90 Å². The normalized spacial score (nSPS) is 12.2. The predicted molar refractivity (Wildman–Crippen MR) is 158 cm³/mol. The van der Waals surface area contributed by atoms with Gasteiger partial charge in [0, 0.05) is 28.0 Å². The lowest BCUT2D eigenvalue weighted by atomic mass is 10.0. The van der Waals surface area contributed by atoms with Crippen molar-refractivity contribution in [2.24, 2.45) is 0 Å². The zero-order valence-corrected chi connectivity index (χ0v) is 25.5. The third-order valence-corrected chi connectivity index (χ3v) is 7.90. The first kappa shape index (κ1) is 29.9. The molecule has 3 aromatic rings. The van der Waals surface area contributed by atoms with E-state index < -0.39 is 28.5 Å². The summed E-state index contributed by atoms with van der Waals surface area (Å²) in [6, 6.07) is 22.6. The average Bonchev–Trinajstić information content (AvgIpc) is 2.85. The Balaban J connectivity index is 2.05. The van der Waals surface area contributed by atoms with Gasteiger partial charge in [-0.25, -0.2) is 8.42 Å². The van der Waals surface area contributed by atoms with E-state index in [-0.39, 0.29) is 24.9 Å². The number of carbonyl (C=O) groups is 2. The standard InChI is InChI=1S/C28H31Br2N3O4S/c1-20(2)31-28(35)26(17-21-8-5-4-6-9-21)32(18-22-10-7-11-24(30)16-22)27(34)19-33(38(3,36)37)25-14-12-23(29)13-15-25/h4-16,20,26H,17-19H2,1-3H3,(H,31,35)/t26-/m0/s1. The highest BCUT2D eigenvalue weighted by Crippen LogP contribution is 2.23. The van der Waals surface area contributed by atoms with Gasteiger partial charge < -0.3 is 10.2 Å². The van der Waals surface area contributed by atoms with Crippen molar-refractivity contribution in [3.8, 4) is 0 Å². The van der Waals surface area contributed by atoms with Crippen LogP contribution >= 0.6 is 31.9 Å². The van der Waals surface area contributed by atoms with Gasteiger partial charge in [-0.05, 0) is 61.4 Å². The first-order chi connectivity index (χ1) is 17.9. The lowest BCUT2D eigenvalue weighted by Crippen LogP contribution is -2.54. The molecule has 0 fully saturated rings. The van der Waals surface area contributed by atoms with Gasteiger partial charge in [0.15, 0.2) is 0 Å². The van der Waals surface area contributed by atoms with E-state index in [4.69, 9.17) is 0 Å². The molecule has 3 aromatic carbocycles. The SMILES string of the molecule is CC(C)NC(=O)[C@H](Cc1ccccc1)N(Cc1cccc(Br)c1)C(=O)CN(c1ccc(Br)cc1)S(C)(=O)=O. The highest BCUT2D eigenvalue weighted by Gasteiger charge is 2.33. The van der Waals surface area contributed by atoms with Gasteiger partial charge in [-0.15, -0.1) is 0 Å². The number of sulfonamides is 1. The fourth-order valence-electron chi connectivity index (χ4n) is 3.99. The fourth-order valence-corrected chi connectivity index (χ4v) is 5.55. The van der Waals surface area contributed by atoms with Crippen molar-refractivity contribution in [1.29, 1.82) is 0 Å². The third kappa shape index (κ3) is 8.68. The highest BCUT2D eigenvalue weighted by atomic mass is 79.9. The number of halogens is 2. The minimum Gasteiger partial charge on any atom is -0.352 e. The summed E-state index contributed by atoms with van der Waals surface area (Å²) in [5, 5.41) is 2.94. The molecule has 2 amide bonds. The molecule has 0 saturated heterocycles. The molecule has 0 aliphatic heterocycles. The molecule has 0 aliphatic carbocycles. The van der Waals surface area contributed by atoms with Crippen LogP contribution in [-0.2, 0) is 32.6 Å². The largest absolute Gasteiger partial charge is 0.352 e. The molecule has 7 nitrogen and oxygen atoms in total. The van der Waals surface area contributed by atoms with Crippen molar-refractivity contribution in [1.82, 2.24) is 10.2 Å². The predicted octanol–water partition coefficient (Wildman–Crippen LogP) is 5.14. The molecule has 0 saturated carbocycles. The lowest BCUT2D eigenvalue weighted by molar-refractivity contribution is -0.140. The van der Waals surface area contributed by atoms with Gasteiger partial charge in [-0.2, -0.15) is 0 Å². The van der Waals surface area contributed by atoms with E-state index in [0.717, 1.165) is 30.6 Å². The summed E-state index contributed by atoms with van der Waals surface area (Å²) >= 11 is 6.83. The van der Waals surface area contributed by atoms with Gasteiger partial charge >= 0.3 is 0 Å². The number of amides is 2. The van der Waals surface area contributed by atoms with Gasteiger partial charge in [0.05, 0.1) is 11.9 Å². The molecule has 0 aromatic heterocycles. The number of benzene rings is 3. The molecule has 3 rings (SSSR count). The summed E-state index contributed by atoms with van der Waals surface area (Å²) < 4.78 is 28.2. The van der Waals surface area contributed by atoms with Crippen molar-refractivity contribution in [3.05, 3.63) is 98.9 Å². The molecule has 0 bridgehead atoms. The maximum absolute atomic E-state index is 14.0. The molecule has 0 heterocycles. The van der Waals surface area contributed by atoms with Gasteiger partial charge in [-0.1, -0.05) is 74.3 Å². The number of anilines is 1. The second-order valence-corrected chi connectivity index (χ2v) is 13.0. The Kier molecular flexibility index (Phi) is 10.5. The Labute approximate surface area is 241 Å². The molecule has 0 aliphatic rings. The summed E-state index contributed by atoms with van der Waals surface area (Å²) in [6.07, 6.45) is 1.34. The van der Waals surface area contributed by atoms with Gasteiger partial charge in [0.1, 0.15) is 12.6 Å². The topological polar surface area (TPSA) is 86.8 Å². The van der Waals surface area contributed by atoms with Crippen molar-refractivity contribution in [2.75, 3.05) is 17.1 Å². The number of hydrogen-bond acceptors (Lipinski definition) is 4.